The molecule has 1 fully saturated rings. The highest BCUT2D eigenvalue weighted by molar-refractivity contribution is 7.13. The Balaban J connectivity index is 1.79. The predicted molar refractivity (Wildman–Crippen MR) is 87.9 cm³/mol. The van der Waals surface area contributed by atoms with E-state index in [1.165, 1.54) is 11.3 Å². The van der Waals surface area contributed by atoms with Crippen LogP contribution in [-0.4, -0.2) is 40.1 Å². The van der Waals surface area contributed by atoms with E-state index in [-0.39, 0.29) is 24.5 Å². The highest BCUT2D eigenvalue weighted by Crippen LogP contribution is 2.27. The summed E-state index contributed by atoms with van der Waals surface area (Å²) in [7, 11) is 0. The zero-order valence-electron chi connectivity index (χ0n) is 12.6. The molecule has 1 aliphatic heterocycles. The number of likely N-dealkylation sites (tertiary alicyclic amines) is 1. The molecular formula is C17H20N2O2S. The van der Waals surface area contributed by atoms with Crippen molar-refractivity contribution in [1.29, 1.82) is 0 Å². The SMILES string of the molecule is CC1CCC(CO)CN1C(=O)c1csc(-c2ccccc2)n1. The van der Waals surface area contributed by atoms with E-state index in [1.807, 2.05) is 40.6 Å². The highest BCUT2D eigenvalue weighted by atomic mass is 32.1. The fourth-order valence-electron chi connectivity index (χ4n) is 2.85. The van der Waals surface area contributed by atoms with Crippen LogP contribution in [0.15, 0.2) is 35.7 Å². The summed E-state index contributed by atoms with van der Waals surface area (Å²) in [5, 5.41) is 12.0. The normalized spacial score (nSPS) is 21.8. The van der Waals surface area contributed by atoms with Crippen LogP contribution in [-0.2, 0) is 0 Å². The number of amides is 1. The van der Waals surface area contributed by atoms with Crippen molar-refractivity contribution < 1.29 is 9.90 Å². The van der Waals surface area contributed by atoms with Crippen LogP contribution in [0.1, 0.15) is 30.3 Å². The van der Waals surface area contributed by atoms with Crippen molar-refractivity contribution in [3.63, 3.8) is 0 Å². The van der Waals surface area contributed by atoms with Crippen molar-refractivity contribution in [3.8, 4) is 10.6 Å². The standard InChI is InChI=1S/C17H20N2O2S/c1-12-7-8-13(10-20)9-19(12)17(21)15-11-22-16(18-15)14-5-3-2-4-6-14/h2-6,11-13,20H,7-10H2,1H3. The van der Waals surface area contributed by atoms with Crippen LogP contribution in [0.3, 0.4) is 0 Å². The second-order valence-electron chi connectivity index (χ2n) is 5.84. The zero-order valence-corrected chi connectivity index (χ0v) is 13.4. The van der Waals surface area contributed by atoms with Gasteiger partial charge in [0.25, 0.3) is 5.91 Å². The van der Waals surface area contributed by atoms with Gasteiger partial charge in [-0.25, -0.2) is 4.98 Å². The summed E-state index contributed by atoms with van der Waals surface area (Å²) in [6.07, 6.45) is 1.92. The van der Waals surface area contributed by atoms with Crippen molar-refractivity contribution in [1.82, 2.24) is 9.88 Å². The lowest BCUT2D eigenvalue weighted by molar-refractivity contribution is 0.0484. The molecule has 4 nitrogen and oxygen atoms in total. The largest absolute Gasteiger partial charge is 0.396 e. The molecule has 2 atom stereocenters. The van der Waals surface area contributed by atoms with Gasteiger partial charge in [0.2, 0.25) is 0 Å². The molecular weight excluding hydrogens is 296 g/mol. The number of thiazole rings is 1. The maximum Gasteiger partial charge on any atom is 0.273 e. The molecule has 0 saturated carbocycles. The Bertz CT molecular complexity index is 641. The number of rotatable bonds is 3. The lowest BCUT2D eigenvalue weighted by Crippen LogP contribution is -2.46. The first-order chi connectivity index (χ1) is 10.7. The maximum atomic E-state index is 12.7. The second-order valence-corrected chi connectivity index (χ2v) is 6.69. The van der Waals surface area contributed by atoms with Gasteiger partial charge < -0.3 is 10.0 Å². The smallest absolute Gasteiger partial charge is 0.273 e. The van der Waals surface area contributed by atoms with Crippen molar-refractivity contribution in [3.05, 3.63) is 41.4 Å². The Morgan fingerprint density at radius 3 is 2.86 bits per heavy atom. The van der Waals surface area contributed by atoms with E-state index in [0.717, 1.165) is 23.4 Å². The van der Waals surface area contributed by atoms with Crippen molar-refractivity contribution in [2.45, 2.75) is 25.8 Å². The summed E-state index contributed by atoms with van der Waals surface area (Å²) in [5.41, 5.74) is 1.54. The molecule has 1 aromatic heterocycles. The third-order valence-corrected chi connectivity index (χ3v) is 5.13. The Kier molecular flexibility index (Phi) is 4.55. The molecule has 1 amide bonds. The van der Waals surface area contributed by atoms with Gasteiger partial charge in [-0.05, 0) is 25.7 Å². The van der Waals surface area contributed by atoms with E-state index >= 15 is 0 Å². The number of hydrogen-bond donors (Lipinski definition) is 1. The zero-order chi connectivity index (χ0) is 15.5. The summed E-state index contributed by atoms with van der Waals surface area (Å²) in [5.74, 6) is 0.163. The predicted octanol–water partition coefficient (Wildman–Crippen LogP) is 3.04. The molecule has 0 bridgehead atoms. The second kappa shape index (κ2) is 6.58. The highest BCUT2D eigenvalue weighted by Gasteiger charge is 2.30. The fourth-order valence-corrected chi connectivity index (χ4v) is 3.65. The van der Waals surface area contributed by atoms with Gasteiger partial charge in [0.15, 0.2) is 0 Å². The van der Waals surface area contributed by atoms with Crippen LogP contribution in [0.25, 0.3) is 10.6 Å². The van der Waals surface area contributed by atoms with Crippen LogP contribution >= 0.6 is 11.3 Å². The number of nitrogens with zero attached hydrogens (tertiary/aromatic N) is 2. The minimum Gasteiger partial charge on any atom is -0.396 e. The van der Waals surface area contributed by atoms with Gasteiger partial charge in [-0.15, -0.1) is 11.3 Å². The molecule has 0 radical (unpaired) electrons. The average molecular weight is 316 g/mol. The molecule has 1 aromatic carbocycles. The molecule has 5 heteroatoms. The lowest BCUT2D eigenvalue weighted by Gasteiger charge is -2.37. The van der Waals surface area contributed by atoms with Crippen LogP contribution in [0.2, 0.25) is 0 Å². The summed E-state index contributed by atoms with van der Waals surface area (Å²) in [4.78, 5) is 19.1. The minimum absolute atomic E-state index is 0.0240. The first kappa shape index (κ1) is 15.2. The first-order valence-electron chi connectivity index (χ1n) is 7.62. The minimum atomic E-state index is -0.0240. The molecule has 2 heterocycles. The topological polar surface area (TPSA) is 53.4 Å². The van der Waals surface area contributed by atoms with E-state index < -0.39 is 0 Å². The molecule has 2 unspecified atom stereocenters. The Hall–Kier alpha value is -1.72. The molecule has 22 heavy (non-hydrogen) atoms. The average Bonchev–Trinajstić information content (AvgIpc) is 3.05. The Morgan fingerprint density at radius 2 is 2.14 bits per heavy atom. The van der Waals surface area contributed by atoms with Crippen LogP contribution < -0.4 is 0 Å². The molecule has 0 aliphatic carbocycles. The van der Waals surface area contributed by atoms with Gasteiger partial charge >= 0.3 is 0 Å². The molecule has 0 spiro atoms. The lowest BCUT2D eigenvalue weighted by atomic mass is 9.94. The van der Waals surface area contributed by atoms with E-state index in [9.17, 15) is 9.90 Å². The number of carbonyl (C=O) groups excluding carboxylic acids is 1. The monoisotopic (exact) mass is 316 g/mol. The number of benzene rings is 1. The molecule has 1 saturated heterocycles. The summed E-state index contributed by atoms with van der Waals surface area (Å²) in [6.45, 7) is 2.83. The Morgan fingerprint density at radius 1 is 1.36 bits per heavy atom. The number of hydrogen-bond acceptors (Lipinski definition) is 4. The van der Waals surface area contributed by atoms with Gasteiger partial charge in [-0.2, -0.15) is 0 Å². The number of piperidine rings is 1. The number of aliphatic hydroxyl groups excluding tert-OH is 1. The summed E-state index contributed by atoms with van der Waals surface area (Å²) < 4.78 is 0. The third-order valence-electron chi connectivity index (χ3n) is 4.24. The van der Waals surface area contributed by atoms with E-state index in [2.05, 4.69) is 11.9 Å². The Labute approximate surface area is 134 Å². The van der Waals surface area contributed by atoms with Crippen molar-refractivity contribution >= 4 is 17.2 Å². The van der Waals surface area contributed by atoms with E-state index in [1.54, 1.807) is 0 Å². The van der Waals surface area contributed by atoms with Crippen molar-refractivity contribution in [2.75, 3.05) is 13.2 Å². The van der Waals surface area contributed by atoms with E-state index in [4.69, 9.17) is 0 Å². The summed E-state index contributed by atoms with van der Waals surface area (Å²) >= 11 is 1.49. The van der Waals surface area contributed by atoms with Crippen LogP contribution in [0.4, 0.5) is 0 Å². The molecule has 3 rings (SSSR count). The molecule has 1 aliphatic rings. The van der Waals surface area contributed by atoms with Gasteiger partial charge in [0, 0.05) is 30.1 Å². The van der Waals surface area contributed by atoms with Crippen LogP contribution in [0, 0.1) is 5.92 Å². The fraction of sp³-hybridized carbons (Fsp3) is 0.412. The third kappa shape index (κ3) is 3.05. The van der Waals surface area contributed by atoms with Gasteiger partial charge in [-0.3, -0.25) is 4.79 Å². The van der Waals surface area contributed by atoms with Gasteiger partial charge in [0.1, 0.15) is 10.7 Å². The quantitative estimate of drug-likeness (QED) is 0.947. The number of carbonyl (C=O) groups is 1. The van der Waals surface area contributed by atoms with Gasteiger partial charge in [0.05, 0.1) is 0 Å². The number of aliphatic hydroxyl groups is 1. The number of aromatic nitrogens is 1. The maximum absolute atomic E-state index is 12.7. The molecule has 116 valence electrons. The van der Waals surface area contributed by atoms with Gasteiger partial charge in [-0.1, -0.05) is 30.3 Å². The summed E-state index contributed by atoms with van der Waals surface area (Å²) in [6, 6.07) is 10.1. The van der Waals surface area contributed by atoms with E-state index in [0.29, 0.717) is 12.2 Å². The molecule has 2 aromatic rings. The van der Waals surface area contributed by atoms with Crippen LogP contribution in [0.5, 0.6) is 0 Å². The molecule has 1 N–H and O–H groups in total. The first-order valence-corrected chi connectivity index (χ1v) is 8.49. The van der Waals surface area contributed by atoms with Crippen molar-refractivity contribution in [2.24, 2.45) is 5.92 Å².